The van der Waals surface area contributed by atoms with E-state index in [2.05, 4.69) is 42.6 Å². The average molecular weight is 284 g/mol. The summed E-state index contributed by atoms with van der Waals surface area (Å²) in [4.78, 5) is 24.2. The quantitative estimate of drug-likeness (QED) is 0.805. The molecule has 7 nitrogen and oxygen atoms in total. The molecule has 1 unspecified atom stereocenters. The monoisotopic (exact) mass is 284 g/mol. The molecule has 21 heavy (non-hydrogen) atoms. The topological polar surface area (TPSA) is 96.5 Å². The first kappa shape index (κ1) is 13.4. The summed E-state index contributed by atoms with van der Waals surface area (Å²) < 4.78 is 0. The van der Waals surface area contributed by atoms with Gasteiger partial charge in [-0.15, -0.1) is 0 Å². The third kappa shape index (κ3) is 3.50. The molecule has 0 spiro atoms. The lowest BCUT2D eigenvalue weighted by Crippen LogP contribution is -2.24. The van der Waals surface area contributed by atoms with Crippen LogP contribution in [0.4, 0.5) is 0 Å². The Bertz CT molecular complexity index is 636. The van der Waals surface area contributed by atoms with Crippen molar-refractivity contribution >= 4 is 5.91 Å². The summed E-state index contributed by atoms with van der Waals surface area (Å²) in [6, 6.07) is 0. The van der Waals surface area contributed by atoms with E-state index in [0.717, 1.165) is 12.8 Å². The largest absolute Gasteiger partial charge is 0.349 e. The van der Waals surface area contributed by atoms with E-state index in [9.17, 15) is 4.79 Å². The first-order valence-electron chi connectivity index (χ1n) is 6.92. The summed E-state index contributed by atoms with van der Waals surface area (Å²) >= 11 is 0. The second kappa shape index (κ2) is 6.25. The molecule has 108 valence electrons. The van der Waals surface area contributed by atoms with E-state index in [4.69, 9.17) is 0 Å². The number of carbonyl (C=O) groups is 1. The number of nitrogens with zero attached hydrogens (tertiary/aromatic N) is 4. The molecule has 1 amide bonds. The number of nitrogens with one attached hydrogen (secondary N) is 2. The van der Waals surface area contributed by atoms with Crippen LogP contribution in [0, 0.1) is 5.92 Å². The predicted molar refractivity (Wildman–Crippen MR) is 75.7 cm³/mol. The van der Waals surface area contributed by atoms with Crippen molar-refractivity contribution in [3.8, 4) is 11.5 Å². The lowest BCUT2D eigenvalue weighted by atomic mass is 10.1. The Kier molecular flexibility index (Phi) is 3.99. The van der Waals surface area contributed by atoms with Crippen molar-refractivity contribution in [2.24, 2.45) is 5.92 Å². The number of hydrogen-bond acceptors (Lipinski definition) is 5. The highest BCUT2D eigenvalue weighted by Gasteiger charge is 2.14. The summed E-state index contributed by atoms with van der Waals surface area (Å²) in [5, 5.41) is 9.71. The smallest absolute Gasteiger partial charge is 0.220 e. The number of H-pyrrole nitrogens is 1. The van der Waals surface area contributed by atoms with Gasteiger partial charge in [-0.2, -0.15) is 5.10 Å². The van der Waals surface area contributed by atoms with Crippen LogP contribution in [0.2, 0.25) is 0 Å². The van der Waals surface area contributed by atoms with Crippen molar-refractivity contribution in [1.29, 1.82) is 0 Å². The van der Waals surface area contributed by atoms with Crippen LogP contribution in [-0.4, -0.2) is 31.1 Å². The Balaban J connectivity index is 1.53. The van der Waals surface area contributed by atoms with E-state index in [0.29, 0.717) is 36.2 Å². The number of rotatable bonds is 5. The number of amides is 1. The van der Waals surface area contributed by atoms with Crippen LogP contribution in [0.5, 0.6) is 0 Å². The van der Waals surface area contributed by atoms with E-state index < -0.39 is 0 Å². The highest BCUT2D eigenvalue weighted by Crippen LogP contribution is 2.20. The number of aromatic amines is 1. The van der Waals surface area contributed by atoms with Crippen LogP contribution in [0.15, 0.2) is 30.7 Å². The number of allylic oxidation sites excluding steroid dienone is 2. The fourth-order valence-corrected chi connectivity index (χ4v) is 2.26. The third-order valence-electron chi connectivity index (χ3n) is 3.34. The average Bonchev–Trinajstić information content (AvgIpc) is 3.17. The van der Waals surface area contributed by atoms with Gasteiger partial charge in [0.15, 0.2) is 0 Å². The Morgan fingerprint density at radius 3 is 3.14 bits per heavy atom. The van der Waals surface area contributed by atoms with Crippen LogP contribution in [0.25, 0.3) is 11.5 Å². The maximum atomic E-state index is 11.8. The molecule has 1 aliphatic carbocycles. The zero-order chi connectivity index (χ0) is 14.5. The van der Waals surface area contributed by atoms with Crippen LogP contribution >= 0.6 is 0 Å². The lowest BCUT2D eigenvalue weighted by molar-refractivity contribution is -0.121. The van der Waals surface area contributed by atoms with Gasteiger partial charge in [-0.05, 0) is 18.8 Å². The summed E-state index contributed by atoms with van der Waals surface area (Å²) in [6.45, 7) is 0.336. The summed E-state index contributed by atoms with van der Waals surface area (Å²) in [6.07, 6.45) is 11.7. The number of carbonyl (C=O) groups excluding carboxylic acids is 1. The van der Waals surface area contributed by atoms with Gasteiger partial charge in [-0.1, -0.05) is 12.2 Å². The minimum Gasteiger partial charge on any atom is -0.349 e. The molecule has 2 aromatic rings. The van der Waals surface area contributed by atoms with Crippen molar-refractivity contribution in [2.45, 2.75) is 25.8 Å². The SMILES string of the molecule is O=C(CC1C=CCC1)NCc1nc(-c2cnccn2)n[nH]1. The molecule has 2 heterocycles. The standard InChI is InChI=1S/C14H16N6O/c21-13(7-10-3-1-2-4-10)17-9-12-18-14(20-19-12)11-8-15-5-6-16-11/h1,3,5-6,8,10H,2,4,7,9H2,(H,17,21)(H,18,19,20). The first-order valence-corrected chi connectivity index (χ1v) is 6.92. The maximum Gasteiger partial charge on any atom is 0.220 e. The van der Waals surface area contributed by atoms with Crippen LogP contribution in [-0.2, 0) is 11.3 Å². The molecule has 0 aromatic carbocycles. The molecule has 0 saturated carbocycles. The van der Waals surface area contributed by atoms with Gasteiger partial charge in [0.05, 0.1) is 12.7 Å². The molecule has 0 radical (unpaired) electrons. The predicted octanol–water partition coefficient (Wildman–Crippen LogP) is 1.23. The molecular weight excluding hydrogens is 268 g/mol. The van der Waals surface area contributed by atoms with Gasteiger partial charge < -0.3 is 5.32 Å². The molecule has 0 fully saturated rings. The number of aromatic nitrogens is 5. The zero-order valence-electron chi connectivity index (χ0n) is 11.5. The van der Waals surface area contributed by atoms with Gasteiger partial charge in [-0.25, -0.2) is 9.97 Å². The third-order valence-corrected chi connectivity index (χ3v) is 3.34. The van der Waals surface area contributed by atoms with Crippen molar-refractivity contribution in [3.05, 3.63) is 36.6 Å². The number of hydrogen-bond donors (Lipinski definition) is 2. The van der Waals surface area contributed by atoms with Gasteiger partial charge in [0.25, 0.3) is 0 Å². The minimum absolute atomic E-state index is 0.0315. The Morgan fingerprint density at radius 2 is 2.38 bits per heavy atom. The van der Waals surface area contributed by atoms with Crippen molar-refractivity contribution < 1.29 is 4.79 Å². The zero-order valence-corrected chi connectivity index (χ0v) is 11.5. The molecule has 7 heteroatoms. The van der Waals surface area contributed by atoms with Gasteiger partial charge in [0.2, 0.25) is 11.7 Å². The summed E-state index contributed by atoms with van der Waals surface area (Å²) in [5.41, 5.74) is 0.599. The summed E-state index contributed by atoms with van der Waals surface area (Å²) in [5.74, 6) is 1.48. The molecule has 0 saturated heterocycles. The normalized spacial score (nSPS) is 17.0. The fraction of sp³-hybridized carbons (Fsp3) is 0.357. The van der Waals surface area contributed by atoms with Gasteiger partial charge in [0.1, 0.15) is 11.5 Å². The van der Waals surface area contributed by atoms with Gasteiger partial charge in [-0.3, -0.25) is 14.9 Å². The van der Waals surface area contributed by atoms with Crippen molar-refractivity contribution in [3.63, 3.8) is 0 Å². The Hall–Kier alpha value is -2.57. The van der Waals surface area contributed by atoms with Crippen LogP contribution < -0.4 is 5.32 Å². The van der Waals surface area contributed by atoms with E-state index in [1.165, 1.54) is 0 Å². The lowest BCUT2D eigenvalue weighted by Gasteiger charge is -2.07. The molecule has 3 rings (SSSR count). The fourth-order valence-electron chi connectivity index (χ4n) is 2.26. The van der Waals surface area contributed by atoms with Gasteiger partial charge in [0, 0.05) is 18.8 Å². The van der Waals surface area contributed by atoms with Crippen molar-refractivity contribution in [1.82, 2.24) is 30.5 Å². The minimum atomic E-state index is 0.0315. The highest BCUT2D eigenvalue weighted by atomic mass is 16.1. The van der Waals surface area contributed by atoms with Gasteiger partial charge >= 0.3 is 0 Å². The molecular formula is C14H16N6O. The van der Waals surface area contributed by atoms with Crippen LogP contribution in [0.1, 0.15) is 25.1 Å². The Morgan fingerprint density at radius 1 is 1.43 bits per heavy atom. The van der Waals surface area contributed by atoms with E-state index in [1.807, 2.05) is 0 Å². The molecule has 0 bridgehead atoms. The van der Waals surface area contributed by atoms with Crippen LogP contribution in [0.3, 0.4) is 0 Å². The molecule has 0 aliphatic heterocycles. The molecule has 1 aliphatic rings. The van der Waals surface area contributed by atoms with E-state index in [-0.39, 0.29) is 5.91 Å². The molecule has 2 N–H and O–H groups in total. The highest BCUT2D eigenvalue weighted by molar-refractivity contribution is 5.76. The first-order chi connectivity index (χ1) is 10.3. The van der Waals surface area contributed by atoms with E-state index >= 15 is 0 Å². The second-order valence-corrected chi connectivity index (χ2v) is 4.94. The Labute approximate surface area is 121 Å². The molecule has 1 atom stereocenters. The second-order valence-electron chi connectivity index (χ2n) is 4.94. The maximum absolute atomic E-state index is 11.8. The van der Waals surface area contributed by atoms with Crippen molar-refractivity contribution in [2.75, 3.05) is 0 Å². The molecule has 2 aromatic heterocycles. The summed E-state index contributed by atoms with van der Waals surface area (Å²) in [7, 11) is 0. The van der Waals surface area contributed by atoms with E-state index in [1.54, 1.807) is 18.6 Å².